The van der Waals surface area contributed by atoms with Gasteiger partial charge in [0.05, 0.1) is 12.6 Å². The molecule has 0 aliphatic heterocycles. The van der Waals surface area contributed by atoms with Crippen LogP contribution in [0.4, 0.5) is 8.78 Å². The zero-order valence-corrected chi connectivity index (χ0v) is 9.27. The summed E-state index contributed by atoms with van der Waals surface area (Å²) in [6.45, 7) is 2.06. The maximum absolute atomic E-state index is 13.0. The second-order valence-corrected chi connectivity index (χ2v) is 3.82. The van der Waals surface area contributed by atoms with Gasteiger partial charge in [-0.15, -0.1) is 0 Å². The number of hydrogen-bond acceptors (Lipinski definition) is 2. The number of aryl methyl sites for hydroxylation is 1. The average Bonchev–Trinajstić information content (AvgIpc) is 2.68. The molecule has 2 aromatic rings. The van der Waals surface area contributed by atoms with Gasteiger partial charge in [-0.1, -0.05) is 6.07 Å². The highest BCUT2D eigenvalue weighted by Gasteiger charge is 2.12. The molecule has 0 spiro atoms. The Kier molecular flexibility index (Phi) is 3.19. The number of aromatic nitrogens is 2. The first-order valence-electron chi connectivity index (χ1n) is 5.18. The minimum Gasteiger partial charge on any atom is -0.387 e. The number of aliphatic hydroxyl groups excluding tert-OH is 1. The highest BCUT2D eigenvalue weighted by molar-refractivity contribution is 5.20. The van der Waals surface area contributed by atoms with E-state index in [1.807, 2.05) is 0 Å². The minimum absolute atomic E-state index is 0.261. The maximum Gasteiger partial charge on any atom is 0.159 e. The Hall–Kier alpha value is -1.75. The van der Waals surface area contributed by atoms with Crippen LogP contribution in [0.15, 0.2) is 30.6 Å². The first kappa shape index (κ1) is 11.7. The third-order valence-electron chi connectivity index (χ3n) is 2.62. The van der Waals surface area contributed by atoms with Crippen molar-refractivity contribution in [2.75, 3.05) is 0 Å². The molecule has 1 atom stereocenters. The van der Waals surface area contributed by atoms with Crippen LogP contribution < -0.4 is 0 Å². The lowest BCUT2D eigenvalue weighted by Crippen LogP contribution is -2.09. The highest BCUT2D eigenvalue weighted by atomic mass is 19.2. The van der Waals surface area contributed by atoms with Crippen LogP contribution in [0, 0.1) is 18.6 Å². The molecule has 0 saturated heterocycles. The summed E-state index contributed by atoms with van der Waals surface area (Å²) in [5.41, 5.74) is 0.344. The molecule has 1 aromatic heterocycles. The fraction of sp³-hybridized carbons (Fsp3) is 0.250. The summed E-state index contributed by atoms with van der Waals surface area (Å²) < 4.78 is 27.5. The van der Waals surface area contributed by atoms with Gasteiger partial charge in [0.15, 0.2) is 11.6 Å². The molecule has 1 unspecified atom stereocenters. The maximum atomic E-state index is 13.0. The molecule has 1 aromatic carbocycles. The standard InChI is InChI=1S/C12H12F2N2O/c1-8-15-4-5-16(8)7-12(17)9-2-3-10(13)11(14)6-9/h2-6,12,17H,7H2,1H3. The zero-order chi connectivity index (χ0) is 12.4. The summed E-state index contributed by atoms with van der Waals surface area (Å²) in [6.07, 6.45) is 2.45. The van der Waals surface area contributed by atoms with Gasteiger partial charge in [0, 0.05) is 12.4 Å². The van der Waals surface area contributed by atoms with Gasteiger partial charge in [-0.3, -0.25) is 0 Å². The molecule has 2 rings (SSSR count). The fourth-order valence-corrected chi connectivity index (χ4v) is 1.61. The van der Waals surface area contributed by atoms with E-state index in [0.29, 0.717) is 5.56 Å². The SMILES string of the molecule is Cc1nccn1CC(O)c1ccc(F)c(F)c1. The Balaban J connectivity index is 2.17. The second-order valence-electron chi connectivity index (χ2n) is 3.82. The molecule has 0 saturated carbocycles. The van der Waals surface area contributed by atoms with Gasteiger partial charge in [0.1, 0.15) is 5.82 Å². The van der Waals surface area contributed by atoms with E-state index in [4.69, 9.17) is 0 Å². The van der Waals surface area contributed by atoms with Crippen LogP contribution in [0.5, 0.6) is 0 Å². The molecule has 0 bridgehead atoms. The molecule has 0 fully saturated rings. The number of hydrogen-bond donors (Lipinski definition) is 1. The van der Waals surface area contributed by atoms with Crippen LogP contribution in [0.3, 0.4) is 0 Å². The molecule has 0 aliphatic rings. The molecule has 1 heterocycles. The first-order chi connectivity index (χ1) is 8.08. The van der Waals surface area contributed by atoms with E-state index in [-0.39, 0.29) is 6.54 Å². The Morgan fingerprint density at radius 2 is 2.12 bits per heavy atom. The summed E-state index contributed by atoms with van der Waals surface area (Å²) in [4.78, 5) is 4.01. The van der Waals surface area contributed by atoms with Crippen molar-refractivity contribution in [3.63, 3.8) is 0 Å². The monoisotopic (exact) mass is 238 g/mol. The van der Waals surface area contributed by atoms with Crippen molar-refractivity contribution < 1.29 is 13.9 Å². The van der Waals surface area contributed by atoms with Crippen LogP contribution in [0.1, 0.15) is 17.5 Å². The van der Waals surface area contributed by atoms with Gasteiger partial charge in [0.25, 0.3) is 0 Å². The summed E-state index contributed by atoms with van der Waals surface area (Å²) in [6, 6.07) is 3.39. The van der Waals surface area contributed by atoms with Gasteiger partial charge in [-0.05, 0) is 24.6 Å². The van der Waals surface area contributed by atoms with Crippen LogP contribution in [-0.4, -0.2) is 14.7 Å². The normalized spacial score (nSPS) is 12.7. The topological polar surface area (TPSA) is 38.0 Å². The number of nitrogens with zero attached hydrogens (tertiary/aromatic N) is 2. The number of halogens is 2. The number of imidazole rings is 1. The fourth-order valence-electron chi connectivity index (χ4n) is 1.61. The smallest absolute Gasteiger partial charge is 0.159 e. The van der Waals surface area contributed by atoms with Gasteiger partial charge in [-0.25, -0.2) is 13.8 Å². The lowest BCUT2D eigenvalue weighted by molar-refractivity contribution is 0.155. The van der Waals surface area contributed by atoms with E-state index in [1.165, 1.54) is 6.07 Å². The van der Waals surface area contributed by atoms with Crippen molar-refractivity contribution in [2.24, 2.45) is 0 Å². The summed E-state index contributed by atoms with van der Waals surface area (Å²) in [5.74, 6) is -1.12. The van der Waals surface area contributed by atoms with Gasteiger partial charge < -0.3 is 9.67 Å². The third-order valence-corrected chi connectivity index (χ3v) is 2.62. The molecule has 0 aliphatic carbocycles. The van der Waals surface area contributed by atoms with E-state index in [0.717, 1.165) is 18.0 Å². The van der Waals surface area contributed by atoms with Crippen LogP contribution in [-0.2, 0) is 6.54 Å². The summed E-state index contributed by atoms with van der Waals surface area (Å²) >= 11 is 0. The van der Waals surface area contributed by atoms with Crippen molar-refractivity contribution >= 4 is 0 Å². The van der Waals surface area contributed by atoms with Crippen molar-refractivity contribution in [3.8, 4) is 0 Å². The largest absolute Gasteiger partial charge is 0.387 e. The predicted octanol–water partition coefficient (Wildman–Crippen LogP) is 2.20. The van der Waals surface area contributed by atoms with Crippen LogP contribution >= 0.6 is 0 Å². The quantitative estimate of drug-likeness (QED) is 0.890. The minimum atomic E-state index is -0.955. The highest BCUT2D eigenvalue weighted by Crippen LogP contribution is 2.18. The first-order valence-corrected chi connectivity index (χ1v) is 5.18. The molecule has 1 N–H and O–H groups in total. The molecule has 3 nitrogen and oxygen atoms in total. The third kappa shape index (κ3) is 2.50. The second kappa shape index (κ2) is 4.63. The predicted molar refractivity (Wildman–Crippen MR) is 58.3 cm³/mol. The molecule has 90 valence electrons. The van der Waals surface area contributed by atoms with Crippen molar-refractivity contribution in [3.05, 3.63) is 53.6 Å². The Morgan fingerprint density at radius 3 is 2.71 bits per heavy atom. The number of aliphatic hydroxyl groups is 1. The average molecular weight is 238 g/mol. The van der Waals surface area contributed by atoms with E-state index in [1.54, 1.807) is 23.9 Å². The van der Waals surface area contributed by atoms with E-state index in [2.05, 4.69) is 4.98 Å². The molecular weight excluding hydrogens is 226 g/mol. The molecular formula is C12H12F2N2O. The summed E-state index contributed by atoms with van der Waals surface area (Å²) in [7, 11) is 0. The molecule has 0 amide bonds. The molecule has 5 heteroatoms. The van der Waals surface area contributed by atoms with E-state index >= 15 is 0 Å². The molecule has 0 radical (unpaired) electrons. The lowest BCUT2D eigenvalue weighted by Gasteiger charge is -2.13. The lowest BCUT2D eigenvalue weighted by atomic mass is 10.1. The Bertz CT molecular complexity index is 525. The molecule has 17 heavy (non-hydrogen) atoms. The Morgan fingerprint density at radius 1 is 1.35 bits per heavy atom. The van der Waals surface area contributed by atoms with Crippen molar-refractivity contribution in [1.82, 2.24) is 9.55 Å². The zero-order valence-electron chi connectivity index (χ0n) is 9.27. The van der Waals surface area contributed by atoms with Crippen LogP contribution in [0.25, 0.3) is 0 Å². The van der Waals surface area contributed by atoms with Gasteiger partial charge in [0.2, 0.25) is 0 Å². The van der Waals surface area contributed by atoms with Crippen LogP contribution in [0.2, 0.25) is 0 Å². The van der Waals surface area contributed by atoms with E-state index in [9.17, 15) is 13.9 Å². The number of rotatable bonds is 3. The Labute approximate surface area is 97.3 Å². The van der Waals surface area contributed by atoms with E-state index < -0.39 is 17.7 Å². The van der Waals surface area contributed by atoms with Crippen molar-refractivity contribution in [1.29, 1.82) is 0 Å². The van der Waals surface area contributed by atoms with Crippen molar-refractivity contribution in [2.45, 2.75) is 19.6 Å². The van der Waals surface area contributed by atoms with Gasteiger partial charge >= 0.3 is 0 Å². The van der Waals surface area contributed by atoms with Gasteiger partial charge in [-0.2, -0.15) is 0 Å². The summed E-state index contributed by atoms with van der Waals surface area (Å²) in [5, 5.41) is 9.89. The number of benzene rings is 1.